The van der Waals surface area contributed by atoms with E-state index in [1.54, 1.807) is 0 Å². The molecule has 0 aromatic heterocycles. The van der Waals surface area contributed by atoms with Crippen molar-refractivity contribution in [1.29, 1.82) is 0 Å². The van der Waals surface area contributed by atoms with Crippen molar-refractivity contribution >= 4 is 10.0 Å². The van der Waals surface area contributed by atoms with Crippen LogP contribution in [0.15, 0.2) is 0 Å². The summed E-state index contributed by atoms with van der Waals surface area (Å²) < 4.78 is 34.2. The lowest BCUT2D eigenvalue weighted by molar-refractivity contribution is -0.0113. The zero-order valence-electron chi connectivity index (χ0n) is 11.5. The largest absolute Gasteiger partial charge is 0.379 e. The highest BCUT2D eigenvalue weighted by atomic mass is 32.2. The first kappa shape index (κ1) is 15.2. The van der Waals surface area contributed by atoms with Crippen LogP contribution < -0.4 is 5.14 Å². The molecule has 1 saturated heterocycles. The van der Waals surface area contributed by atoms with Gasteiger partial charge in [0.15, 0.2) is 0 Å². The topological polar surface area (TPSA) is 78.6 Å². The Morgan fingerprint density at radius 1 is 1.21 bits per heavy atom. The zero-order valence-corrected chi connectivity index (χ0v) is 12.3. The second-order valence-electron chi connectivity index (χ2n) is 6.02. The van der Waals surface area contributed by atoms with Gasteiger partial charge < -0.3 is 9.47 Å². The van der Waals surface area contributed by atoms with Crippen molar-refractivity contribution in [1.82, 2.24) is 0 Å². The Morgan fingerprint density at radius 3 is 2.42 bits per heavy atom. The third-order valence-corrected chi connectivity index (χ3v) is 5.20. The maximum absolute atomic E-state index is 11.5. The van der Waals surface area contributed by atoms with Crippen molar-refractivity contribution in [3.8, 4) is 0 Å². The summed E-state index contributed by atoms with van der Waals surface area (Å²) in [6, 6.07) is 0. The maximum atomic E-state index is 11.5. The van der Waals surface area contributed by atoms with Crippen molar-refractivity contribution in [2.24, 2.45) is 10.6 Å². The predicted octanol–water partition coefficient (Wildman–Crippen LogP) is 1.42. The van der Waals surface area contributed by atoms with E-state index in [9.17, 15) is 8.42 Å². The average Bonchev–Trinajstić information content (AvgIpc) is 2.73. The first-order valence-electron chi connectivity index (χ1n) is 7.19. The molecule has 0 aromatic carbocycles. The van der Waals surface area contributed by atoms with Crippen LogP contribution in [0.25, 0.3) is 0 Å². The van der Waals surface area contributed by atoms with Crippen LogP contribution in [0.2, 0.25) is 0 Å². The van der Waals surface area contributed by atoms with Crippen molar-refractivity contribution in [2.75, 3.05) is 25.6 Å². The molecule has 2 aliphatic rings. The molecule has 6 heteroatoms. The lowest BCUT2D eigenvalue weighted by Crippen LogP contribution is -2.38. The predicted molar refractivity (Wildman–Crippen MR) is 73.3 cm³/mol. The molecule has 1 aliphatic heterocycles. The van der Waals surface area contributed by atoms with Gasteiger partial charge in [-0.1, -0.05) is 25.7 Å². The molecule has 0 aromatic rings. The van der Waals surface area contributed by atoms with E-state index in [4.69, 9.17) is 14.6 Å². The number of rotatable bonds is 5. The normalized spacial score (nSPS) is 28.2. The van der Waals surface area contributed by atoms with Crippen molar-refractivity contribution in [3.05, 3.63) is 0 Å². The molecule has 112 valence electrons. The van der Waals surface area contributed by atoms with Gasteiger partial charge in [0.05, 0.1) is 25.1 Å². The van der Waals surface area contributed by atoms with Gasteiger partial charge in [0.25, 0.3) is 0 Å². The summed E-state index contributed by atoms with van der Waals surface area (Å²) in [6.07, 6.45) is 7.33. The molecule has 0 bridgehead atoms. The second kappa shape index (κ2) is 6.52. The first-order valence-corrected chi connectivity index (χ1v) is 8.91. The number of nitrogens with two attached hydrogens (primary N) is 1. The van der Waals surface area contributed by atoms with E-state index in [1.165, 1.54) is 12.8 Å². The summed E-state index contributed by atoms with van der Waals surface area (Å²) in [5.74, 6) is 0.0492. The minimum Gasteiger partial charge on any atom is -0.379 e. The number of hydrogen-bond acceptors (Lipinski definition) is 4. The van der Waals surface area contributed by atoms with Gasteiger partial charge in [0, 0.05) is 12.0 Å². The van der Waals surface area contributed by atoms with Gasteiger partial charge in [-0.15, -0.1) is 0 Å². The summed E-state index contributed by atoms with van der Waals surface area (Å²) >= 11 is 0. The fourth-order valence-corrected chi connectivity index (χ4v) is 4.40. The smallest absolute Gasteiger partial charge is 0.209 e. The van der Waals surface area contributed by atoms with E-state index in [2.05, 4.69) is 0 Å². The van der Waals surface area contributed by atoms with E-state index in [1.807, 2.05) is 0 Å². The molecule has 0 spiro atoms. The van der Waals surface area contributed by atoms with Crippen LogP contribution in [-0.4, -0.2) is 40.1 Å². The van der Waals surface area contributed by atoms with Gasteiger partial charge >= 0.3 is 0 Å². The van der Waals surface area contributed by atoms with Crippen LogP contribution in [0, 0.1) is 5.41 Å². The number of hydrogen-bond donors (Lipinski definition) is 1. The Morgan fingerprint density at radius 2 is 1.89 bits per heavy atom. The Kier molecular flexibility index (Phi) is 5.22. The van der Waals surface area contributed by atoms with Crippen LogP contribution in [0.5, 0.6) is 0 Å². The summed E-state index contributed by atoms with van der Waals surface area (Å²) in [6.45, 7) is 1.87. The number of primary sulfonamides is 1. The van der Waals surface area contributed by atoms with Gasteiger partial charge in [0.2, 0.25) is 10.0 Å². The number of sulfonamides is 1. The molecular weight excluding hydrogens is 266 g/mol. The highest BCUT2D eigenvalue weighted by Gasteiger charge is 2.36. The maximum Gasteiger partial charge on any atom is 0.209 e. The van der Waals surface area contributed by atoms with Gasteiger partial charge in [-0.3, -0.25) is 0 Å². The highest BCUT2D eigenvalue weighted by molar-refractivity contribution is 7.89. The second-order valence-corrected chi connectivity index (χ2v) is 7.63. The van der Waals surface area contributed by atoms with E-state index >= 15 is 0 Å². The molecule has 1 atom stereocenters. The fourth-order valence-electron chi connectivity index (χ4n) is 3.17. The van der Waals surface area contributed by atoms with Crippen LogP contribution in [0.4, 0.5) is 0 Å². The Bertz CT molecular complexity index is 368. The van der Waals surface area contributed by atoms with Crippen LogP contribution in [0.3, 0.4) is 0 Å². The van der Waals surface area contributed by atoms with Crippen molar-refractivity contribution in [2.45, 2.75) is 51.0 Å². The Balaban J connectivity index is 1.99. The molecule has 2 rings (SSSR count). The molecule has 0 amide bonds. The molecule has 2 N–H and O–H groups in total. The summed E-state index contributed by atoms with van der Waals surface area (Å²) in [4.78, 5) is 0. The average molecular weight is 291 g/mol. The first-order chi connectivity index (χ1) is 8.99. The lowest BCUT2D eigenvalue weighted by Gasteiger charge is -2.32. The number of ether oxygens (including phenoxy) is 2. The zero-order chi connectivity index (χ0) is 13.8. The summed E-state index contributed by atoms with van der Waals surface area (Å²) in [5.41, 5.74) is -0.285. The third kappa shape index (κ3) is 5.02. The quantitative estimate of drug-likeness (QED) is 0.777. The Labute approximate surface area is 115 Å². The molecule has 0 radical (unpaired) electrons. The van der Waals surface area contributed by atoms with Gasteiger partial charge in [0.1, 0.15) is 0 Å². The minimum absolute atomic E-state index is 0.0492. The van der Waals surface area contributed by atoms with Gasteiger partial charge in [-0.05, 0) is 19.3 Å². The molecule has 2 fully saturated rings. The van der Waals surface area contributed by atoms with Gasteiger partial charge in [-0.25, -0.2) is 13.6 Å². The highest BCUT2D eigenvalue weighted by Crippen LogP contribution is 2.37. The lowest BCUT2D eigenvalue weighted by atomic mass is 9.83. The molecule has 1 heterocycles. The van der Waals surface area contributed by atoms with E-state index in [0.717, 1.165) is 38.7 Å². The molecule has 5 nitrogen and oxygen atoms in total. The molecule has 1 unspecified atom stereocenters. The monoisotopic (exact) mass is 291 g/mol. The molecule has 19 heavy (non-hydrogen) atoms. The van der Waals surface area contributed by atoms with E-state index < -0.39 is 10.0 Å². The van der Waals surface area contributed by atoms with Crippen molar-refractivity contribution < 1.29 is 17.9 Å². The summed E-state index contributed by atoms with van der Waals surface area (Å²) in [5, 5.41) is 5.28. The standard InChI is InChI=1S/C13H25NO4S/c14-19(15,16)11-13(6-3-1-2-4-7-13)10-18-12-5-8-17-9-12/h12H,1-11H2,(H2,14,15,16). The van der Waals surface area contributed by atoms with Gasteiger partial charge in [-0.2, -0.15) is 0 Å². The SMILES string of the molecule is NS(=O)(=O)CC1(COC2CCOC2)CCCCCC1. The van der Waals surface area contributed by atoms with Crippen LogP contribution in [-0.2, 0) is 19.5 Å². The molecular formula is C13H25NO4S. The fraction of sp³-hybridized carbons (Fsp3) is 1.00. The summed E-state index contributed by atoms with van der Waals surface area (Å²) in [7, 11) is -3.46. The van der Waals surface area contributed by atoms with Crippen LogP contribution >= 0.6 is 0 Å². The third-order valence-electron chi connectivity index (χ3n) is 4.18. The Hall–Kier alpha value is -0.170. The van der Waals surface area contributed by atoms with Crippen molar-refractivity contribution in [3.63, 3.8) is 0 Å². The van der Waals surface area contributed by atoms with E-state index in [-0.39, 0.29) is 17.3 Å². The molecule has 1 aliphatic carbocycles. The minimum atomic E-state index is -3.46. The molecule has 1 saturated carbocycles. The van der Waals surface area contributed by atoms with E-state index in [0.29, 0.717) is 13.2 Å². The van der Waals surface area contributed by atoms with Crippen LogP contribution in [0.1, 0.15) is 44.9 Å².